The van der Waals surface area contributed by atoms with Gasteiger partial charge in [0.1, 0.15) is 17.5 Å². The van der Waals surface area contributed by atoms with Gasteiger partial charge in [-0.2, -0.15) is 0 Å². The molecular formula is C19H5AlF12. The van der Waals surface area contributed by atoms with E-state index in [-0.39, 0.29) is 12.1 Å². The van der Waals surface area contributed by atoms with E-state index in [1.54, 1.807) is 0 Å². The minimum atomic E-state index is -5.19. The van der Waals surface area contributed by atoms with Crippen LogP contribution in [0.3, 0.4) is 0 Å². The van der Waals surface area contributed by atoms with Crippen molar-refractivity contribution >= 4 is 27.4 Å². The zero-order valence-corrected chi connectivity index (χ0v) is 16.4. The fourth-order valence-electron chi connectivity index (χ4n) is 3.15. The van der Waals surface area contributed by atoms with Gasteiger partial charge in [0.05, 0.1) is 0 Å². The Morgan fingerprint density at radius 1 is 0.406 bits per heavy atom. The van der Waals surface area contributed by atoms with E-state index >= 15 is 0 Å². The van der Waals surface area contributed by atoms with Crippen LogP contribution in [0.1, 0.15) is 5.56 Å². The van der Waals surface area contributed by atoms with Gasteiger partial charge in [-0.3, -0.25) is 0 Å². The normalized spacial score (nSPS) is 11.3. The molecule has 0 atom stereocenters. The highest BCUT2D eigenvalue weighted by Gasteiger charge is 2.44. The Morgan fingerprint density at radius 2 is 0.781 bits per heavy atom. The van der Waals surface area contributed by atoms with Crippen LogP contribution in [0.15, 0.2) is 12.1 Å². The van der Waals surface area contributed by atoms with Crippen molar-refractivity contribution in [3.63, 3.8) is 0 Å². The van der Waals surface area contributed by atoms with Crippen molar-refractivity contribution < 1.29 is 52.7 Å². The Labute approximate surface area is 175 Å². The molecule has 0 saturated carbocycles. The van der Waals surface area contributed by atoms with Crippen molar-refractivity contribution in [2.75, 3.05) is 0 Å². The number of rotatable bonds is 3. The number of halogens is 12. The highest BCUT2D eigenvalue weighted by atomic mass is 27.2. The summed E-state index contributed by atoms with van der Waals surface area (Å²) in [4.78, 5) is 0. The second kappa shape index (κ2) is 8.37. The minimum absolute atomic E-state index is 0.341. The van der Waals surface area contributed by atoms with Gasteiger partial charge in [0.2, 0.25) is 0 Å². The van der Waals surface area contributed by atoms with Crippen LogP contribution >= 0.6 is 0 Å². The molecule has 0 unspecified atom stereocenters. The van der Waals surface area contributed by atoms with Gasteiger partial charge in [0.15, 0.2) is 52.4 Å². The number of hydrogen-bond acceptors (Lipinski definition) is 0. The third-order valence-corrected chi connectivity index (χ3v) is 7.98. The maximum Gasteiger partial charge on any atom is 0.412 e. The van der Waals surface area contributed by atoms with Crippen LogP contribution in [0.5, 0.6) is 0 Å². The second-order valence-corrected chi connectivity index (χ2v) is 9.09. The summed E-state index contributed by atoms with van der Waals surface area (Å²) >= 11 is -5.19. The van der Waals surface area contributed by atoms with Crippen molar-refractivity contribution in [1.29, 1.82) is 0 Å². The lowest BCUT2D eigenvalue weighted by Gasteiger charge is -2.20. The van der Waals surface area contributed by atoms with Crippen LogP contribution in [-0.4, -0.2) is 14.1 Å². The molecule has 0 N–H and O–H groups in total. The molecule has 3 rings (SSSR count). The molecule has 0 aliphatic carbocycles. The van der Waals surface area contributed by atoms with E-state index in [9.17, 15) is 52.7 Å². The summed E-state index contributed by atoms with van der Waals surface area (Å²) < 4.78 is 164. The molecule has 0 heterocycles. The topological polar surface area (TPSA) is 0 Å². The molecule has 3 aromatic rings. The number of hydrogen-bond donors (Lipinski definition) is 0. The van der Waals surface area contributed by atoms with Gasteiger partial charge in [0, 0.05) is 17.7 Å². The first-order chi connectivity index (χ1) is 14.8. The first-order valence-corrected chi connectivity index (χ1v) is 10.0. The molecule has 0 aliphatic rings. The van der Waals surface area contributed by atoms with E-state index in [4.69, 9.17) is 0 Å². The Hall–Kier alpha value is -2.65. The van der Waals surface area contributed by atoms with Crippen molar-refractivity contribution in [3.05, 3.63) is 87.5 Å². The van der Waals surface area contributed by atoms with Crippen molar-refractivity contribution in [2.45, 2.75) is 6.92 Å². The Morgan fingerprint density at radius 3 is 1.19 bits per heavy atom. The summed E-state index contributed by atoms with van der Waals surface area (Å²) in [7, 11) is 0. The molecule has 0 aromatic heterocycles. The maximum atomic E-state index is 14.8. The van der Waals surface area contributed by atoms with Crippen LogP contribution in [0.25, 0.3) is 0 Å². The van der Waals surface area contributed by atoms with Crippen LogP contribution < -0.4 is 13.3 Å². The molecule has 0 aliphatic heterocycles. The molecule has 0 amide bonds. The molecule has 32 heavy (non-hydrogen) atoms. The third kappa shape index (κ3) is 3.53. The SMILES string of the molecule is Cc1c(F)c(F)c(F)[c]([Al]([c]2c(F)cc(F)c(F)c2F)[c]2c(F)cc(F)c(F)c2F)c1F. The van der Waals surface area contributed by atoms with Crippen molar-refractivity contribution in [3.8, 4) is 0 Å². The Bertz CT molecular complexity index is 1180. The molecule has 13 heteroatoms. The fraction of sp³-hybridized carbons (Fsp3) is 0.0526. The first-order valence-electron chi connectivity index (χ1n) is 8.29. The predicted octanol–water partition coefficient (Wildman–Crippen LogP) is 4.18. The lowest BCUT2D eigenvalue weighted by atomic mass is 10.2. The third-order valence-electron chi connectivity index (χ3n) is 4.68. The highest BCUT2D eigenvalue weighted by molar-refractivity contribution is 6.95. The summed E-state index contributed by atoms with van der Waals surface area (Å²) in [5.41, 5.74) is -1.30. The van der Waals surface area contributed by atoms with E-state index in [0.29, 0.717) is 6.92 Å². The standard InChI is InChI=1S/C7H3F4.2C6HF4.Al/c1-3-4(8)2-5(9)7(11)6(3)10;2*7-3-1-4(8)6(10)5(9)2-3;/h1H3;2*1H;. The summed E-state index contributed by atoms with van der Waals surface area (Å²) in [6.07, 6.45) is 0. The summed E-state index contributed by atoms with van der Waals surface area (Å²) in [5.74, 6) is -27.6. The Balaban J connectivity index is 2.60. The van der Waals surface area contributed by atoms with Gasteiger partial charge in [-0.05, 0) is 20.2 Å². The lowest BCUT2D eigenvalue weighted by Crippen LogP contribution is -2.60. The van der Waals surface area contributed by atoms with Gasteiger partial charge in [-0.15, -0.1) is 0 Å². The summed E-state index contributed by atoms with van der Waals surface area (Å²) in [5, 5.41) is 0. The summed E-state index contributed by atoms with van der Waals surface area (Å²) in [6, 6.07) is -0.683. The van der Waals surface area contributed by atoms with Gasteiger partial charge >= 0.3 is 14.1 Å². The maximum absolute atomic E-state index is 14.8. The molecule has 0 radical (unpaired) electrons. The molecule has 3 aromatic carbocycles. The van der Waals surface area contributed by atoms with Crippen molar-refractivity contribution in [2.24, 2.45) is 0 Å². The van der Waals surface area contributed by atoms with Crippen molar-refractivity contribution in [1.82, 2.24) is 0 Å². The number of benzene rings is 3. The van der Waals surface area contributed by atoms with E-state index in [1.807, 2.05) is 0 Å². The largest absolute Gasteiger partial charge is 0.412 e. The summed E-state index contributed by atoms with van der Waals surface area (Å²) in [6.45, 7) is 0.526. The molecular weight excluding hydrogens is 483 g/mol. The zero-order valence-electron chi connectivity index (χ0n) is 15.3. The lowest BCUT2D eigenvalue weighted by molar-refractivity contribution is 0.433. The molecule has 0 saturated heterocycles. The van der Waals surface area contributed by atoms with E-state index in [0.717, 1.165) is 0 Å². The zero-order chi connectivity index (χ0) is 24.2. The monoisotopic (exact) mass is 488 g/mol. The molecule has 0 nitrogen and oxygen atoms in total. The average Bonchev–Trinajstić information content (AvgIpc) is 2.73. The van der Waals surface area contributed by atoms with E-state index in [2.05, 4.69) is 0 Å². The minimum Gasteiger partial charge on any atom is -0.208 e. The smallest absolute Gasteiger partial charge is 0.208 e. The van der Waals surface area contributed by atoms with Crippen LogP contribution in [0.4, 0.5) is 52.7 Å². The highest BCUT2D eigenvalue weighted by Crippen LogP contribution is 2.21. The average molecular weight is 488 g/mol. The molecule has 0 bridgehead atoms. The Kier molecular flexibility index (Phi) is 6.28. The molecule has 0 spiro atoms. The predicted molar refractivity (Wildman–Crippen MR) is 88.2 cm³/mol. The molecule has 0 fully saturated rings. The van der Waals surface area contributed by atoms with Gasteiger partial charge in [-0.25, -0.2) is 52.7 Å². The first kappa shape index (κ1) is 24.0. The van der Waals surface area contributed by atoms with E-state index in [1.165, 1.54) is 0 Å². The second-order valence-electron chi connectivity index (χ2n) is 6.49. The quantitative estimate of drug-likeness (QED) is 0.225. The fourth-order valence-corrected chi connectivity index (χ4v) is 6.34. The van der Waals surface area contributed by atoms with Gasteiger partial charge < -0.3 is 0 Å². The van der Waals surface area contributed by atoms with E-state index < -0.39 is 103 Å². The molecule has 168 valence electrons. The van der Waals surface area contributed by atoms with Crippen LogP contribution in [0, 0.1) is 76.7 Å². The van der Waals surface area contributed by atoms with Gasteiger partial charge in [-0.1, -0.05) is 0 Å². The van der Waals surface area contributed by atoms with Crippen LogP contribution in [0.2, 0.25) is 0 Å². The van der Waals surface area contributed by atoms with Crippen LogP contribution in [-0.2, 0) is 0 Å². The van der Waals surface area contributed by atoms with Gasteiger partial charge in [0.25, 0.3) is 0 Å².